The van der Waals surface area contributed by atoms with E-state index in [1.54, 1.807) is 12.5 Å². The Hall–Kier alpha value is -2.63. The van der Waals surface area contributed by atoms with E-state index in [4.69, 9.17) is 10.3 Å². The summed E-state index contributed by atoms with van der Waals surface area (Å²) in [5.74, 6) is 1.32. The van der Waals surface area contributed by atoms with E-state index in [9.17, 15) is 0 Å². The van der Waals surface area contributed by atoms with Crippen molar-refractivity contribution in [1.82, 2.24) is 19.7 Å². The second kappa shape index (κ2) is 4.80. The SMILES string of the molecule is Cc1noc(C)c1Cn1cncc1-c1ccnc(N)c1. The molecule has 2 N–H and O–H groups in total. The molecule has 0 bridgehead atoms. The van der Waals surface area contributed by atoms with E-state index in [1.165, 1.54) is 0 Å². The summed E-state index contributed by atoms with van der Waals surface area (Å²) in [5, 5.41) is 3.97. The van der Waals surface area contributed by atoms with Crippen LogP contribution in [0.3, 0.4) is 0 Å². The molecule has 3 aromatic heterocycles. The molecule has 0 aromatic carbocycles. The maximum absolute atomic E-state index is 5.73. The van der Waals surface area contributed by atoms with Crippen molar-refractivity contribution in [2.45, 2.75) is 20.4 Å². The molecule has 3 aromatic rings. The van der Waals surface area contributed by atoms with Crippen molar-refractivity contribution >= 4 is 5.82 Å². The summed E-state index contributed by atoms with van der Waals surface area (Å²) in [6.45, 7) is 4.52. The zero-order valence-electron chi connectivity index (χ0n) is 11.4. The number of nitrogen functional groups attached to an aromatic ring is 1. The molecule has 0 spiro atoms. The largest absolute Gasteiger partial charge is 0.384 e. The van der Waals surface area contributed by atoms with Crippen LogP contribution >= 0.6 is 0 Å². The summed E-state index contributed by atoms with van der Waals surface area (Å²) in [6.07, 6.45) is 5.29. The van der Waals surface area contributed by atoms with E-state index in [0.29, 0.717) is 12.4 Å². The maximum atomic E-state index is 5.73. The van der Waals surface area contributed by atoms with Crippen LogP contribution in [0.25, 0.3) is 11.3 Å². The Bertz CT molecular complexity index is 724. The third-order valence-electron chi connectivity index (χ3n) is 3.30. The molecule has 20 heavy (non-hydrogen) atoms. The van der Waals surface area contributed by atoms with Gasteiger partial charge in [-0.2, -0.15) is 0 Å². The molecule has 0 amide bonds. The average molecular weight is 269 g/mol. The molecule has 0 saturated heterocycles. The first kappa shape index (κ1) is 12.4. The molecular formula is C14H15N5O. The minimum Gasteiger partial charge on any atom is -0.384 e. The molecule has 0 aliphatic carbocycles. The van der Waals surface area contributed by atoms with Gasteiger partial charge in [-0.25, -0.2) is 9.97 Å². The van der Waals surface area contributed by atoms with Crippen LogP contribution in [0.4, 0.5) is 5.82 Å². The molecule has 6 nitrogen and oxygen atoms in total. The first-order valence-electron chi connectivity index (χ1n) is 6.29. The van der Waals surface area contributed by atoms with Crippen LogP contribution in [0.15, 0.2) is 35.4 Å². The number of aryl methyl sites for hydroxylation is 2. The van der Waals surface area contributed by atoms with Gasteiger partial charge in [0, 0.05) is 17.3 Å². The van der Waals surface area contributed by atoms with Crippen LogP contribution in [0.2, 0.25) is 0 Å². The molecule has 3 rings (SSSR count). The fourth-order valence-corrected chi connectivity index (χ4v) is 2.19. The summed E-state index contributed by atoms with van der Waals surface area (Å²) in [7, 11) is 0. The number of nitrogens with zero attached hydrogens (tertiary/aromatic N) is 4. The van der Waals surface area contributed by atoms with Gasteiger partial charge in [0.05, 0.1) is 30.5 Å². The van der Waals surface area contributed by atoms with Crippen molar-refractivity contribution in [3.05, 3.63) is 47.9 Å². The van der Waals surface area contributed by atoms with Crippen molar-refractivity contribution in [3.8, 4) is 11.3 Å². The lowest BCUT2D eigenvalue weighted by atomic mass is 10.1. The standard InChI is InChI=1S/C14H15N5O/c1-9-12(10(2)20-18-9)7-19-8-16-6-13(19)11-3-4-17-14(15)5-11/h3-6,8H,7H2,1-2H3,(H2,15,17). The van der Waals surface area contributed by atoms with Crippen molar-refractivity contribution in [2.75, 3.05) is 5.73 Å². The number of anilines is 1. The van der Waals surface area contributed by atoms with Gasteiger partial charge in [0.25, 0.3) is 0 Å². The highest BCUT2D eigenvalue weighted by Gasteiger charge is 2.12. The number of imidazole rings is 1. The van der Waals surface area contributed by atoms with Crippen LogP contribution in [-0.4, -0.2) is 19.7 Å². The van der Waals surface area contributed by atoms with Crippen molar-refractivity contribution in [1.29, 1.82) is 0 Å². The Balaban J connectivity index is 1.99. The predicted octanol–water partition coefficient (Wildman–Crippen LogP) is 2.18. The van der Waals surface area contributed by atoms with E-state index in [1.807, 2.05) is 36.7 Å². The quantitative estimate of drug-likeness (QED) is 0.788. The normalized spacial score (nSPS) is 10.9. The lowest BCUT2D eigenvalue weighted by Gasteiger charge is -2.08. The van der Waals surface area contributed by atoms with Crippen molar-refractivity contribution in [3.63, 3.8) is 0 Å². The predicted molar refractivity (Wildman–Crippen MR) is 74.9 cm³/mol. The maximum Gasteiger partial charge on any atom is 0.138 e. The molecule has 0 fully saturated rings. The minimum absolute atomic E-state index is 0.493. The third-order valence-corrected chi connectivity index (χ3v) is 3.30. The second-order valence-electron chi connectivity index (χ2n) is 4.68. The molecule has 0 radical (unpaired) electrons. The van der Waals surface area contributed by atoms with Crippen LogP contribution in [-0.2, 0) is 6.54 Å². The fourth-order valence-electron chi connectivity index (χ4n) is 2.19. The monoisotopic (exact) mass is 269 g/mol. The zero-order valence-corrected chi connectivity index (χ0v) is 11.4. The Labute approximate surface area is 116 Å². The molecule has 3 heterocycles. The van der Waals surface area contributed by atoms with E-state index in [-0.39, 0.29) is 0 Å². The number of rotatable bonds is 3. The van der Waals surface area contributed by atoms with E-state index >= 15 is 0 Å². The molecule has 102 valence electrons. The third kappa shape index (κ3) is 2.16. The molecular weight excluding hydrogens is 254 g/mol. The molecule has 0 saturated carbocycles. The van der Waals surface area contributed by atoms with E-state index in [2.05, 4.69) is 15.1 Å². The van der Waals surface area contributed by atoms with Gasteiger partial charge in [0.1, 0.15) is 11.6 Å². The average Bonchev–Trinajstić information content (AvgIpc) is 3.01. The van der Waals surface area contributed by atoms with Crippen LogP contribution in [0, 0.1) is 13.8 Å². The van der Waals surface area contributed by atoms with E-state index in [0.717, 1.165) is 28.3 Å². The Morgan fingerprint density at radius 3 is 2.90 bits per heavy atom. The van der Waals surface area contributed by atoms with Gasteiger partial charge in [-0.05, 0) is 26.0 Å². The Morgan fingerprint density at radius 1 is 1.35 bits per heavy atom. The van der Waals surface area contributed by atoms with Gasteiger partial charge >= 0.3 is 0 Å². The second-order valence-corrected chi connectivity index (χ2v) is 4.68. The summed E-state index contributed by atoms with van der Waals surface area (Å²) in [4.78, 5) is 8.23. The van der Waals surface area contributed by atoms with Crippen LogP contribution in [0.1, 0.15) is 17.0 Å². The summed E-state index contributed by atoms with van der Waals surface area (Å²) in [6, 6.07) is 3.75. The molecule has 0 unspecified atom stereocenters. The van der Waals surface area contributed by atoms with Crippen molar-refractivity contribution in [2.24, 2.45) is 0 Å². The zero-order chi connectivity index (χ0) is 14.1. The number of hydrogen-bond acceptors (Lipinski definition) is 5. The number of nitrogens with two attached hydrogens (primary N) is 1. The number of aromatic nitrogens is 4. The minimum atomic E-state index is 0.493. The Morgan fingerprint density at radius 2 is 2.20 bits per heavy atom. The highest BCUT2D eigenvalue weighted by atomic mass is 16.5. The number of pyridine rings is 1. The van der Waals surface area contributed by atoms with Gasteiger partial charge in [-0.3, -0.25) is 0 Å². The lowest BCUT2D eigenvalue weighted by Crippen LogP contribution is -2.02. The first-order chi connectivity index (χ1) is 9.65. The highest BCUT2D eigenvalue weighted by Crippen LogP contribution is 2.22. The van der Waals surface area contributed by atoms with Gasteiger partial charge < -0.3 is 14.8 Å². The smallest absolute Gasteiger partial charge is 0.138 e. The first-order valence-corrected chi connectivity index (χ1v) is 6.29. The number of hydrogen-bond donors (Lipinski definition) is 1. The van der Waals surface area contributed by atoms with Crippen molar-refractivity contribution < 1.29 is 4.52 Å². The lowest BCUT2D eigenvalue weighted by molar-refractivity contribution is 0.392. The van der Waals surface area contributed by atoms with Gasteiger partial charge in [-0.1, -0.05) is 5.16 Å². The highest BCUT2D eigenvalue weighted by molar-refractivity contribution is 5.61. The topological polar surface area (TPSA) is 82.8 Å². The summed E-state index contributed by atoms with van der Waals surface area (Å²) >= 11 is 0. The summed E-state index contributed by atoms with van der Waals surface area (Å²) in [5.41, 5.74) is 9.68. The van der Waals surface area contributed by atoms with Gasteiger partial charge in [-0.15, -0.1) is 0 Å². The van der Waals surface area contributed by atoms with Gasteiger partial charge in [0.15, 0.2) is 0 Å². The molecule has 0 aliphatic heterocycles. The van der Waals surface area contributed by atoms with Crippen LogP contribution in [0.5, 0.6) is 0 Å². The molecule has 0 aliphatic rings. The molecule has 0 atom stereocenters. The van der Waals surface area contributed by atoms with Crippen LogP contribution < -0.4 is 5.73 Å². The summed E-state index contributed by atoms with van der Waals surface area (Å²) < 4.78 is 7.24. The molecule has 6 heteroatoms. The Kier molecular flexibility index (Phi) is 2.98. The van der Waals surface area contributed by atoms with Gasteiger partial charge in [0.2, 0.25) is 0 Å². The fraction of sp³-hybridized carbons (Fsp3) is 0.214. The van der Waals surface area contributed by atoms with E-state index < -0.39 is 0 Å².